The van der Waals surface area contributed by atoms with Crippen LogP contribution in [0.5, 0.6) is 0 Å². The van der Waals surface area contributed by atoms with Gasteiger partial charge in [0.15, 0.2) is 0 Å². The van der Waals surface area contributed by atoms with Gasteiger partial charge in [0, 0.05) is 33.4 Å². The van der Waals surface area contributed by atoms with Crippen molar-refractivity contribution < 1.29 is 4.79 Å². The maximum Gasteiger partial charge on any atom is 0.258 e. The summed E-state index contributed by atoms with van der Waals surface area (Å²) in [6.45, 7) is 2.30. The Morgan fingerprint density at radius 2 is 1.67 bits per heavy atom. The predicted octanol–water partition coefficient (Wildman–Crippen LogP) is 4.17. The summed E-state index contributed by atoms with van der Waals surface area (Å²) in [5, 5.41) is 4.79. The number of hydrogen-bond donors (Lipinski definition) is 0. The van der Waals surface area contributed by atoms with Crippen molar-refractivity contribution in [2.75, 3.05) is 26.0 Å². The Balaban J connectivity index is 1.82. The van der Waals surface area contributed by atoms with E-state index in [-0.39, 0.29) is 5.91 Å². The first kappa shape index (κ1) is 19.0. The van der Waals surface area contributed by atoms with Crippen LogP contribution in [-0.2, 0) is 6.54 Å². The monoisotopic (exact) mass is 382 g/mol. The topological polar surface area (TPSA) is 41.4 Å². The maximum atomic E-state index is 13.0. The predicted molar refractivity (Wildman–Crippen MR) is 110 cm³/mol. The number of nitrogens with zero attached hydrogens (tertiary/aromatic N) is 4. The Bertz CT molecular complexity index is 933. The molecule has 0 unspecified atom stereocenters. The number of para-hydroxylation sites is 1. The number of anilines is 1. The van der Waals surface area contributed by atoms with E-state index in [1.54, 1.807) is 23.6 Å². The minimum atomic E-state index is -0.142. The van der Waals surface area contributed by atoms with E-state index in [1.807, 2.05) is 73.6 Å². The third-order valence-electron chi connectivity index (χ3n) is 4.44. The number of aryl methyl sites for hydroxylation is 1. The number of amides is 1. The number of carbonyl (C=O) groups is 1. The Morgan fingerprint density at radius 1 is 1.04 bits per heavy atom. The molecular formula is C21H23ClN4O. The number of rotatable bonds is 5. The molecule has 0 N–H and O–H groups in total. The van der Waals surface area contributed by atoms with E-state index in [0.29, 0.717) is 23.0 Å². The van der Waals surface area contributed by atoms with E-state index in [0.717, 1.165) is 16.9 Å². The van der Waals surface area contributed by atoms with Gasteiger partial charge >= 0.3 is 0 Å². The third-order valence-corrected chi connectivity index (χ3v) is 4.79. The van der Waals surface area contributed by atoms with Gasteiger partial charge in [-0.25, -0.2) is 4.68 Å². The molecule has 0 aliphatic carbocycles. The van der Waals surface area contributed by atoms with Crippen molar-refractivity contribution in [2.45, 2.75) is 13.5 Å². The molecule has 3 aromatic rings. The highest BCUT2D eigenvalue weighted by Gasteiger charge is 2.23. The lowest BCUT2D eigenvalue weighted by Gasteiger charge is -2.18. The molecule has 0 spiro atoms. The van der Waals surface area contributed by atoms with Crippen molar-refractivity contribution in [3.05, 3.63) is 76.6 Å². The fourth-order valence-corrected chi connectivity index (χ4v) is 3.27. The molecule has 0 radical (unpaired) electrons. The van der Waals surface area contributed by atoms with Gasteiger partial charge in [-0.3, -0.25) is 4.79 Å². The zero-order chi connectivity index (χ0) is 19.6. The Kier molecular flexibility index (Phi) is 5.51. The number of aromatic nitrogens is 2. The van der Waals surface area contributed by atoms with Gasteiger partial charge in [0.2, 0.25) is 0 Å². The normalized spacial score (nSPS) is 10.7. The van der Waals surface area contributed by atoms with Crippen LogP contribution in [0.2, 0.25) is 5.15 Å². The average molecular weight is 383 g/mol. The molecule has 0 aliphatic heterocycles. The first-order valence-electron chi connectivity index (χ1n) is 8.70. The van der Waals surface area contributed by atoms with E-state index in [1.165, 1.54) is 0 Å². The van der Waals surface area contributed by atoms with Gasteiger partial charge in [0.25, 0.3) is 5.91 Å². The van der Waals surface area contributed by atoms with Crippen LogP contribution >= 0.6 is 11.6 Å². The molecule has 0 saturated heterocycles. The van der Waals surface area contributed by atoms with Crippen molar-refractivity contribution in [2.24, 2.45) is 0 Å². The first-order chi connectivity index (χ1) is 12.9. The molecule has 1 aromatic heterocycles. The number of halogens is 1. The van der Waals surface area contributed by atoms with Gasteiger partial charge < -0.3 is 9.80 Å². The molecular weight excluding hydrogens is 360 g/mol. The van der Waals surface area contributed by atoms with Gasteiger partial charge in [0.05, 0.1) is 16.9 Å². The molecule has 2 aromatic carbocycles. The van der Waals surface area contributed by atoms with Gasteiger partial charge in [0.1, 0.15) is 5.15 Å². The Labute approximate surface area is 164 Å². The van der Waals surface area contributed by atoms with E-state index in [4.69, 9.17) is 11.6 Å². The maximum absolute atomic E-state index is 13.0. The standard InChI is InChI=1S/C21H23ClN4O/c1-15-19(20(22)26(23-15)18-8-6-5-7-9-18)21(27)25(4)14-16-10-12-17(13-11-16)24(2)3/h5-13H,14H2,1-4H3. The van der Waals surface area contributed by atoms with Crippen molar-refractivity contribution in [1.29, 1.82) is 0 Å². The van der Waals surface area contributed by atoms with Gasteiger partial charge in [-0.2, -0.15) is 5.10 Å². The summed E-state index contributed by atoms with van der Waals surface area (Å²) >= 11 is 6.51. The van der Waals surface area contributed by atoms with E-state index < -0.39 is 0 Å². The Hall–Kier alpha value is -2.79. The third kappa shape index (κ3) is 3.98. The Morgan fingerprint density at radius 3 is 2.26 bits per heavy atom. The molecule has 0 fully saturated rings. The lowest BCUT2D eigenvalue weighted by Crippen LogP contribution is -2.26. The smallest absolute Gasteiger partial charge is 0.258 e. The number of carbonyl (C=O) groups excluding carboxylic acids is 1. The number of hydrogen-bond acceptors (Lipinski definition) is 3. The summed E-state index contributed by atoms with van der Waals surface area (Å²) in [4.78, 5) is 16.7. The van der Waals surface area contributed by atoms with Crippen LogP contribution in [0, 0.1) is 6.92 Å². The molecule has 1 heterocycles. The molecule has 3 rings (SSSR count). The van der Waals surface area contributed by atoms with Crippen LogP contribution in [0.25, 0.3) is 5.69 Å². The number of benzene rings is 2. The molecule has 1 amide bonds. The minimum Gasteiger partial charge on any atom is -0.378 e. The van der Waals surface area contributed by atoms with Crippen molar-refractivity contribution in [3.63, 3.8) is 0 Å². The second-order valence-corrected chi connectivity index (χ2v) is 7.08. The largest absolute Gasteiger partial charge is 0.378 e. The average Bonchev–Trinajstić information content (AvgIpc) is 2.96. The van der Waals surface area contributed by atoms with E-state index >= 15 is 0 Å². The van der Waals surface area contributed by atoms with Crippen LogP contribution in [-0.4, -0.2) is 41.7 Å². The second-order valence-electron chi connectivity index (χ2n) is 6.72. The first-order valence-corrected chi connectivity index (χ1v) is 9.08. The summed E-state index contributed by atoms with van der Waals surface area (Å²) in [5.74, 6) is -0.142. The summed E-state index contributed by atoms with van der Waals surface area (Å²) in [7, 11) is 5.78. The van der Waals surface area contributed by atoms with Crippen LogP contribution < -0.4 is 4.90 Å². The highest BCUT2D eigenvalue weighted by Crippen LogP contribution is 2.25. The molecule has 0 saturated carbocycles. The molecule has 27 heavy (non-hydrogen) atoms. The lowest BCUT2D eigenvalue weighted by atomic mass is 10.1. The van der Waals surface area contributed by atoms with Gasteiger partial charge in [-0.15, -0.1) is 0 Å². The van der Waals surface area contributed by atoms with Gasteiger partial charge in [-0.1, -0.05) is 41.9 Å². The molecule has 5 nitrogen and oxygen atoms in total. The molecule has 0 atom stereocenters. The molecule has 140 valence electrons. The fourth-order valence-electron chi connectivity index (χ4n) is 2.92. The summed E-state index contributed by atoms with van der Waals surface area (Å²) in [6, 6.07) is 17.7. The lowest BCUT2D eigenvalue weighted by molar-refractivity contribution is 0.0784. The van der Waals surface area contributed by atoms with E-state index in [9.17, 15) is 4.79 Å². The van der Waals surface area contributed by atoms with Crippen molar-refractivity contribution in [1.82, 2.24) is 14.7 Å². The van der Waals surface area contributed by atoms with Crippen LogP contribution in [0.4, 0.5) is 5.69 Å². The van der Waals surface area contributed by atoms with Gasteiger partial charge in [-0.05, 0) is 36.8 Å². The summed E-state index contributed by atoms with van der Waals surface area (Å²) < 4.78 is 1.60. The van der Waals surface area contributed by atoms with Crippen LogP contribution in [0.15, 0.2) is 54.6 Å². The highest BCUT2D eigenvalue weighted by atomic mass is 35.5. The second kappa shape index (κ2) is 7.84. The molecule has 0 bridgehead atoms. The quantitative estimate of drug-likeness (QED) is 0.665. The minimum absolute atomic E-state index is 0.142. The molecule has 0 aliphatic rings. The summed E-state index contributed by atoms with van der Waals surface area (Å²) in [6.07, 6.45) is 0. The van der Waals surface area contributed by atoms with E-state index in [2.05, 4.69) is 5.10 Å². The van der Waals surface area contributed by atoms with Crippen LogP contribution in [0.3, 0.4) is 0 Å². The fraction of sp³-hybridized carbons (Fsp3) is 0.238. The molecule has 6 heteroatoms. The highest BCUT2D eigenvalue weighted by molar-refractivity contribution is 6.33. The van der Waals surface area contributed by atoms with Crippen molar-refractivity contribution >= 4 is 23.2 Å². The van der Waals surface area contributed by atoms with Crippen molar-refractivity contribution in [3.8, 4) is 5.69 Å². The summed E-state index contributed by atoms with van der Waals surface area (Å²) in [5.41, 5.74) is 4.06. The zero-order valence-electron chi connectivity index (χ0n) is 16.0. The zero-order valence-corrected chi connectivity index (χ0v) is 16.7. The SMILES string of the molecule is Cc1nn(-c2ccccc2)c(Cl)c1C(=O)N(C)Cc1ccc(N(C)C)cc1. The van der Waals surface area contributed by atoms with Crippen LogP contribution in [0.1, 0.15) is 21.6 Å².